The molecule has 1 aliphatic heterocycles. The summed E-state index contributed by atoms with van der Waals surface area (Å²) in [4.78, 5) is 17.4. The average Bonchev–Trinajstić information content (AvgIpc) is 2.86. The molecule has 1 aromatic heterocycles. The maximum absolute atomic E-state index is 14.1. The maximum Gasteiger partial charge on any atom is 0.232 e. The number of ether oxygens (including phenoxy) is 1. The Bertz CT molecular complexity index is 1360. The van der Waals surface area contributed by atoms with Crippen molar-refractivity contribution in [2.24, 2.45) is 5.92 Å². The third-order valence-corrected chi connectivity index (χ3v) is 6.75. The van der Waals surface area contributed by atoms with E-state index in [-0.39, 0.29) is 16.9 Å². The van der Waals surface area contributed by atoms with Gasteiger partial charge < -0.3 is 35.6 Å². The Morgan fingerprint density at radius 3 is 2.42 bits per heavy atom. The summed E-state index contributed by atoms with van der Waals surface area (Å²) in [5, 5.41) is 20.1. The number of rotatable bonds is 12. The molecule has 0 atom stereocenters. The SMILES string of the molecule is C=CCNc1cc(Nc2ncnc(Nc3cc(Cl)c(F)cc3C(C)(C)O)n2)c(OC)cc1N1CC(CN(C)C)C1. The quantitative estimate of drug-likeness (QED) is 0.222. The number of nitrogens with zero attached hydrogens (tertiary/aromatic N) is 5. The van der Waals surface area contributed by atoms with Gasteiger partial charge in [-0.25, -0.2) is 14.4 Å². The van der Waals surface area contributed by atoms with Crippen LogP contribution in [-0.2, 0) is 5.60 Å². The van der Waals surface area contributed by atoms with Gasteiger partial charge in [-0.3, -0.25) is 0 Å². The Morgan fingerprint density at radius 1 is 1.15 bits per heavy atom. The van der Waals surface area contributed by atoms with Crippen molar-refractivity contribution in [2.45, 2.75) is 19.4 Å². The number of aliphatic hydroxyl groups is 1. The zero-order chi connectivity index (χ0) is 29.0. The highest BCUT2D eigenvalue weighted by molar-refractivity contribution is 6.31. The molecule has 1 aliphatic rings. The summed E-state index contributed by atoms with van der Waals surface area (Å²) in [5.41, 5.74) is 1.96. The summed E-state index contributed by atoms with van der Waals surface area (Å²) in [6.45, 7) is 10.5. The van der Waals surface area contributed by atoms with Crippen LogP contribution in [0.3, 0.4) is 0 Å². The second-order valence-electron chi connectivity index (χ2n) is 10.5. The fourth-order valence-electron chi connectivity index (χ4n) is 4.63. The summed E-state index contributed by atoms with van der Waals surface area (Å²) in [6, 6.07) is 6.53. The van der Waals surface area contributed by atoms with Gasteiger partial charge in [-0.2, -0.15) is 4.98 Å². The lowest BCUT2D eigenvalue weighted by Crippen LogP contribution is -2.50. The molecule has 0 unspecified atom stereocenters. The first-order valence-electron chi connectivity index (χ1n) is 12.9. The number of halogens is 2. The number of benzene rings is 2. The first kappa shape index (κ1) is 29.3. The van der Waals surface area contributed by atoms with Crippen molar-refractivity contribution < 1.29 is 14.2 Å². The number of nitrogens with one attached hydrogen (secondary N) is 3. The van der Waals surface area contributed by atoms with Gasteiger partial charge >= 0.3 is 0 Å². The molecule has 0 radical (unpaired) electrons. The Balaban J connectivity index is 1.60. The molecule has 4 rings (SSSR count). The molecular weight excluding hydrogens is 535 g/mol. The molecule has 0 bridgehead atoms. The maximum atomic E-state index is 14.1. The third-order valence-electron chi connectivity index (χ3n) is 6.46. The van der Waals surface area contributed by atoms with Crippen LogP contribution in [0.1, 0.15) is 19.4 Å². The molecule has 2 aromatic carbocycles. The van der Waals surface area contributed by atoms with Gasteiger partial charge in [-0.05, 0) is 46.1 Å². The average molecular weight is 571 g/mol. The van der Waals surface area contributed by atoms with Gasteiger partial charge in [0.15, 0.2) is 0 Å². The highest BCUT2D eigenvalue weighted by Gasteiger charge is 2.30. The number of hydrogen-bond acceptors (Lipinski definition) is 10. The fraction of sp³-hybridized carbons (Fsp3) is 0.393. The normalized spacial score (nSPS) is 13.7. The van der Waals surface area contributed by atoms with Crippen LogP contribution in [-0.4, -0.2) is 72.3 Å². The first-order valence-corrected chi connectivity index (χ1v) is 13.3. The lowest BCUT2D eigenvalue weighted by atomic mass is 9.96. The summed E-state index contributed by atoms with van der Waals surface area (Å²) >= 11 is 6.01. The monoisotopic (exact) mass is 570 g/mol. The van der Waals surface area contributed by atoms with Gasteiger partial charge in [0.05, 0.1) is 34.8 Å². The second kappa shape index (κ2) is 12.2. The lowest BCUT2D eigenvalue weighted by molar-refractivity contribution is 0.0790. The molecule has 4 N–H and O–H groups in total. The molecule has 214 valence electrons. The summed E-state index contributed by atoms with van der Waals surface area (Å²) in [6.07, 6.45) is 3.15. The van der Waals surface area contributed by atoms with E-state index >= 15 is 0 Å². The third kappa shape index (κ3) is 6.90. The van der Waals surface area contributed by atoms with E-state index in [0.717, 1.165) is 31.0 Å². The number of hydrogen-bond donors (Lipinski definition) is 4. The molecule has 40 heavy (non-hydrogen) atoms. The zero-order valence-corrected chi connectivity index (χ0v) is 24.2. The van der Waals surface area contributed by atoms with E-state index in [9.17, 15) is 9.50 Å². The topological polar surface area (TPSA) is 111 Å². The molecule has 0 saturated carbocycles. The smallest absolute Gasteiger partial charge is 0.232 e. The van der Waals surface area contributed by atoms with Crippen LogP contribution in [0.25, 0.3) is 0 Å². The van der Waals surface area contributed by atoms with Gasteiger partial charge in [0, 0.05) is 49.4 Å². The summed E-state index contributed by atoms with van der Waals surface area (Å²) in [5.74, 6) is 1.03. The minimum atomic E-state index is -1.34. The molecule has 1 saturated heterocycles. The first-order chi connectivity index (χ1) is 19.0. The van der Waals surface area contributed by atoms with Crippen LogP contribution >= 0.6 is 11.6 Å². The Labute approximate surface area is 239 Å². The van der Waals surface area contributed by atoms with E-state index < -0.39 is 11.4 Å². The molecule has 0 spiro atoms. The predicted octanol–water partition coefficient (Wildman–Crippen LogP) is 4.98. The zero-order valence-electron chi connectivity index (χ0n) is 23.4. The molecule has 12 heteroatoms. The van der Waals surface area contributed by atoms with Crippen LogP contribution in [0.4, 0.5) is 39.0 Å². The standard InChI is InChI=1S/C28H36ClFN8O2/c1-7-8-31-22-11-23(25(40-6)12-24(22)38-14-17(15-38)13-37(4)5)35-27-33-16-32-26(36-27)34-21-10-19(29)20(30)9-18(21)28(2,3)39/h7,9-12,16-17,31,39H,1,8,13-15H2,2-6H3,(H2,32,33,34,35,36). The number of anilines is 6. The number of methoxy groups -OCH3 is 1. The van der Waals surface area contributed by atoms with Crippen molar-refractivity contribution >= 4 is 46.2 Å². The van der Waals surface area contributed by atoms with Crippen molar-refractivity contribution in [3.05, 3.63) is 59.7 Å². The van der Waals surface area contributed by atoms with E-state index in [1.165, 1.54) is 18.5 Å². The van der Waals surface area contributed by atoms with Crippen molar-refractivity contribution in [1.29, 1.82) is 0 Å². The Morgan fingerprint density at radius 2 is 1.82 bits per heavy atom. The van der Waals surface area contributed by atoms with E-state index in [4.69, 9.17) is 16.3 Å². The van der Waals surface area contributed by atoms with E-state index in [1.54, 1.807) is 27.0 Å². The highest BCUT2D eigenvalue weighted by Crippen LogP contribution is 2.40. The van der Waals surface area contributed by atoms with Crippen LogP contribution < -0.4 is 25.6 Å². The van der Waals surface area contributed by atoms with E-state index in [2.05, 4.69) is 61.4 Å². The molecule has 1 fully saturated rings. The lowest BCUT2D eigenvalue weighted by Gasteiger charge is -2.43. The molecule has 10 nitrogen and oxygen atoms in total. The van der Waals surface area contributed by atoms with Gasteiger partial charge in [0.25, 0.3) is 0 Å². The van der Waals surface area contributed by atoms with Crippen molar-refractivity contribution in [2.75, 3.05) is 68.2 Å². The van der Waals surface area contributed by atoms with E-state index in [0.29, 0.717) is 35.2 Å². The van der Waals surface area contributed by atoms with Gasteiger partial charge in [0.1, 0.15) is 17.9 Å². The van der Waals surface area contributed by atoms with Crippen LogP contribution in [0.15, 0.2) is 43.2 Å². The predicted molar refractivity (Wildman–Crippen MR) is 159 cm³/mol. The van der Waals surface area contributed by atoms with Gasteiger partial charge in [0.2, 0.25) is 11.9 Å². The van der Waals surface area contributed by atoms with Crippen molar-refractivity contribution in [3.63, 3.8) is 0 Å². The molecule has 0 amide bonds. The summed E-state index contributed by atoms with van der Waals surface area (Å²) < 4.78 is 19.9. The molecule has 0 aliphatic carbocycles. The fourth-order valence-corrected chi connectivity index (χ4v) is 4.80. The van der Waals surface area contributed by atoms with Crippen molar-refractivity contribution in [1.82, 2.24) is 19.9 Å². The molecular formula is C28H36ClFN8O2. The Kier molecular flexibility index (Phi) is 8.97. The minimum absolute atomic E-state index is 0.0949. The second-order valence-corrected chi connectivity index (χ2v) is 10.9. The Hall–Kier alpha value is -3.67. The number of aromatic nitrogens is 3. The van der Waals surface area contributed by atoms with Gasteiger partial charge in [-0.15, -0.1) is 6.58 Å². The largest absolute Gasteiger partial charge is 0.494 e. The van der Waals surface area contributed by atoms with Crippen LogP contribution in [0, 0.1) is 11.7 Å². The van der Waals surface area contributed by atoms with Crippen molar-refractivity contribution in [3.8, 4) is 5.75 Å². The minimum Gasteiger partial charge on any atom is -0.494 e. The molecule has 2 heterocycles. The highest BCUT2D eigenvalue weighted by atomic mass is 35.5. The van der Waals surface area contributed by atoms with E-state index in [1.807, 2.05) is 12.1 Å². The van der Waals surface area contributed by atoms with Gasteiger partial charge in [-0.1, -0.05) is 17.7 Å². The van der Waals surface area contributed by atoms with Crippen LogP contribution in [0.5, 0.6) is 5.75 Å². The molecule has 3 aromatic rings. The summed E-state index contributed by atoms with van der Waals surface area (Å²) in [7, 11) is 5.79. The van der Waals surface area contributed by atoms with Crippen LogP contribution in [0.2, 0.25) is 5.02 Å².